The third kappa shape index (κ3) is 4.68. The van der Waals surface area contributed by atoms with E-state index in [1.165, 1.54) is 0 Å². The van der Waals surface area contributed by atoms with E-state index in [1.807, 2.05) is 61.5 Å². The minimum Gasteiger partial charge on any atom is -0.247 e. The third-order valence-corrected chi connectivity index (χ3v) is 8.49. The molecule has 0 aliphatic heterocycles. The average Bonchev–Trinajstić information content (AvgIpc) is 2.84. The number of rotatable bonds is 8. The third-order valence-electron chi connectivity index (χ3n) is 5.62. The van der Waals surface area contributed by atoms with Crippen LogP contribution in [0.15, 0.2) is 120 Å². The molecular weight excluding hydrogens is 435 g/mol. The second kappa shape index (κ2) is 9.79. The first kappa shape index (κ1) is 22.4. The summed E-state index contributed by atoms with van der Waals surface area (Å²) in [4.78, 5) is 0.181. The lowest BCUT2D eigenvalue weighted by Crippen LogP contribution is -2.32. The van der Waals surface area contributed by atoms with Gasteiger partial charge in [0.25, 0.3) is 10.1 Å². The maximum Gasteiger partial charge on any atom is 0.299 e. The molecular formula is C27H25O3PS. The highest BCUT2D eigenvalue weighted by Crippen LogP contribution is 2.44. The fourth-order valence-corrected chi connectivity index (χ4v) is 6.48. The molecule has 0 saturated carbocycles. The molecule has 5 heteroatoms. The van der Waals surface area contributed by atoms with Crippen LogP contribution in [-0.4, -0.2) is 14.6 Å². The monoisotopic (exact) mass is 460 g/mol. The van der Waals surface area contributed by atoms with Gasteiger partial charge < -0.3 is 0 Å². The van der Waals surface area contributed by atoms with Crippen LogP contribution in [0.1, 0.15) is 22.3 Å². The van der Waals surface area contributed by atoms with E-state index in [-0.39, 0.29) is 13.7 Å². The van der Waals surface area contributed by atoms with Crippen molar-refractivity contribution in [2.24, 2.45) is 0 Å². The molecule has 0 spiro atoms. The Hall–Kier alpha value is -2.78. The molecule has 0 radical (unpaired) electrons. The summed E-state index contributed by atoms with van der Waals surface area (Å²) in [5.74, 6) is 0. The molecule has 0 aliphatic rings. The Morgan fingerprint density at radius 3 is 1.47 bits per heavy atom. The summed E-state index contributed by atoms with van der Waals surface area (Å²) in [7, 11) is -4.09. The first-order valence-electron chi connectivity index (χ1n) is 10.4. The second-order valence-electron chi connectivity index (χ2n) is 7.68. The van der Waals surface area contributed by atoms with E-state index < -0.39 is 15.5 Å². The minimum atomic E-state index is -3.83. The van der Waals surface area contributed by atoms with E-state index >= 15 is 0 Å². The highest BCUT2D eigenvalue weighted by Gasteiger charge is 2.36. The molecule has 3 nitrogen and oxygen atoms in total. The van der Waals surface area contributed by atoms with Crippen molar-refractivity contribution in [2.75, 3.05) is 6.16 Å². The van der Waals surface area contributed by atoms with Gasteiger partial charge in [0.1, 0.15) is 0 Å². The van der Waals surface area contributed by atoms with Gasteiger partial charge in [0, 0.05) is 15.0 Å². The predicted molar refractivity (Wildman–Crippen MR) is 132 cm³/mol. The van der Waals surface area contributed by atoms with Crippen LogP contribution in [0.5, 0.6) is 0 Å². The van der Waals surface area contributed by atoms with Gasteiger partial charge in [-0.05, 0) is 35.7 Å². The van der Waals surface area contributed by atoms with Gasteiger partial charge in [-0.2, -0.15) is 8.42 Å². The van der Waals surface area contributed by atoms with Crippen molar-refractivity contribution in [3.05, 3.63) is 138 Å². The fourth-order valence-electron chi connectivity index (χ4n) is 3.94. The Morgan fingerprint density at radius 1 is 0.656 bits per heavy atom. The summed E-state index contributed by atoms with van der Waals surface area (Å²) in [6.45, 7) is 1.92. The van der Waals surface area contributed by atoms with Crippen LogP contribution >= 0.6 is 8.81 Å². The van der Waals surface area contributed by atoms with Crippen LogP contribution in [-0.2, 0) is 19.5 Å². The van der Waals surface area contributed by atoms with Crippen LogP contribution in [0.2, 0.25) is 0 Å². The largest absolute Gasteiger partial charge is 0.299 e. The maximum atomic E-state index is 12.8. The lowest BCUT2D eigenvalue weighted by Gasteiger charge is -2.35. The number of hydrogen-bond acceptors (Lipinski definition) is 3. The summed E-state index contributed by atoms with van der Waals surface area (Å²) in [5, 5.41) is 0. The summed E-state index contributed by atoms with van der Waals surface area (Å²) in [6.07, 6.45) is 0.496. The molecule has 0 aromatic heterocycles. The topological polar surface area (TPSA) is 43.4 Å². The van der Waals surface area contributed by atoms with Gasteiger partial charge in [0.05, 0.1) is 10.3 Å². The van der Waals surface area contributed by atoms with E-state index in [2.05, 4.69) is 36.4 Å². The highest BCUT2D eigenvalue weighted by atomic mass is 32.2. The predicted octanol–water partition coefficient (Wildman–Crippen LogP) is 6.33. The normalized spacial score (nSPS) is 12.3. The van der Waals surface area contributed by atoms with Crippen molar-refractivity contribution < 1.29 is 12.4 Å². The molecule has 162 valence electrons. The molecule has 4 aromatic rings. The van der Waals surface area contributed by atoms with Crippen molar-refractivity contribution in [3.63, 3.8) is 0 Å². The van der Waals surface area contributed by atoms with Gasteiger partial charge in [0.2, 0.25) is 0 Å². The Bertz CT molecular complexity index is 1140. The molecule has 32 heavy (non-hydrogen) atoms. The van der Waals surface area contributed by atoms with Crippen LogP contribution < -0.4 is 0 Å². The maximum absolute atomic E-state index is 12.8. The zero-order chi connectivity index (χ0) is 22.4. The van der Waals surface area contributed by atoms with Gasteiger partial charge in [-0.3, -0.25) is 0 Å². The van der Waals surface area contributed by atoms with Crippen molar-refractivity contribution in [1.29, 1.82) is 0 Å². The number of hydrogen-bond donors (Lipinski definition) is 0. The molecule has 0 aliphatic carbocycles. The van der Waals surface area contributed by atoms with Crippen LogP contribution in [0.4, 0.5) is 0 Å². The zero-order valence-electron chi connectivity index (χ0n) is 17.8. The highest BCUT2D eigenvalue weighted by molar-refractivity contribution is 7.89. The van der Waals surface area contributed by atoms with Crippen molar-refractivity contribution in [2.45, 2.75) is 17.2 Å². The first-order chi connectivity index (χ1) is 15.5. The molecule has 1 unspecified atom stereocenters. The average molecular weight is 461 g/mol. The van der Waals surface area contributed by atoms with Crippen LogP contribution in [0.3, 0.4) is 0 Å². The second-order valence-corrected chi connectivity index (χ2v) is 10.4. The first-order valence-corrected chi connectivity index (χ1v) is 12.9. The quantitative estimate of drug-likeness (QED) is 0.228. The number of aryl methyl sites for hydroxylation is 1. The molecule has 4 rings (SSSR count). The molecule has 0 amide bonds. The molecule has 0 fully saturated rings. The lowest BCUT2D eigenvalue weighted by molar-refractivity contribution is 0.510. The van der Waals surface area contributed by atoms with Gasteiger partial charge in [-0.25, -0.2) is 3.97 Å². The van der Waals surface area contributed by atoms with Crippen LogP contribution in [0.25, 0.3) is 0 Å². The van der Waals surface area contributed by atoms with Gasteiger partial charge in [-0.1, -0.05) is 109 Å². The van der Waals surface area contributed by atoms with Gasteiger partial charge in [-0.15, -0.1) is 0 Å². The summed E-state index contributed by atoms with van der Waals surface area (Å²) in [6, 6.07) is 37.4. The molecule has 1 atom stereocenters. The zero-order valence-corrected chi connectivity index (χ0v) is 19.6. The van der Waals surface area contributed by atoms with E-state index in [1.54, 1.807) is 24.3 Å². The minimum absolute atomic E-state index is 0.181. The van der Waals surface area contributed by atoms with E-state index in [0.717, 1.165) is 22.3 Å². The van der Waals surface area contributed by atoms with Crippen molar-refractivity contribution in [1.82, 2.24) is 0 Å². The Labute approximate surface area is 192 Å². The van der Waals surface area contributed by atoms with Crippen molar-refractivity contribution in [3.8, 4) is 0 Å². The molecule has 0 N–H and O–H groups in total. The standard InChI is InChI=1S/C27H25O3PS/c1-22-17-19-26(20-18-22)32(28,29)30-31-21-27(23-11-5-2-6-12-23,24-13-7-3-8-14-24)25-15-9-4-10-16-25/h2-20,31H,21H2,1H3. The van der Waals surface area contributed by atoms with Crippen molar-refractivity contribution >= 4 is 18.9 Å². The molecule has 4 aromatic carbocycles. The Kier molecular flexibility index (Phi) is 6.86. The molecule has 0 bridgehead atoms. The summed E-state index contributed by atoms with van der Waals surface area (Å²) >= 11 is 0. The Balaban J connectivity index is 1.74. The van der Waals surface area contributed by atoms with E-state index in [0.29, 0.717) is 6.16 Å². The Morgan fingerprint density at radius 2 is 1.06 bits per heavy atom. The molecule has 0 heterocycles. The summed E-state index contributed by atoms with van der Waals surface area (Å²) < 4.78 is 31.2. The smallest absolute Gasteiger partial charge is 0.247 e. The van der Waals surface area contributed by atoms with Gasteiger partial charge in [0.15, 0.2) is 0 Å². The lowest BCUT2D eigenvalue weighted by atomic mass is 9.71. The van der Waals surface area contributed by atoms with Gasteiger partial charge >= 0.3 is 0 Å². The molecule has 0 saturated heterocycles. The van der Waals surface area contributed by atoms with Crippen LogP contribution in [0, 0.1) is 6.92 Å². The van der Waals surface area contributed by atoms with E-state index in [4.69, 9.17) is 3.97 Å². The number of benzene rings is 4. The fraction of sp³-hybridized carbons (Fsp3) is 0.111. The summed E-state index contributed by atoms with van der Waals surface area (Å²) in [5.41, 5.74) is 3.76. The SMILES string of the molecule is Cc1ccc(S(=O)(=O)OPCC(c2ccccc2)(c2ccccc2)c2ccccc2)cc1. The van der Waals surface area contributed by atoms with E-state index in [9.17, 15) is 8.42 Å².